The van der Waals surface area contributed by atoms with Crippen molar-refractivity contribution in [1.29, 1.82) is 0 Å². The number of aromatic nitrogens is 2. The summed E-state index contributed by atoms with van der Waals surface area (Å²) in [5.74, 6) is 0.964. The first-order chi connectivity index (χ1) is 12.7. The van der Waals surface area contributed by atoms with Crippen molar-refractivity contribution in [3.8, 4) is 5.75 Å². The van der Waals surface area contributed by atoms with Gasteiger partial charge >= 0.3 is 129 Å². The molecule has 0 saturated carbocycles. The van der Waals surface area contributed by atoms with Crippen LogP contribution in [-0.4, -0.2) is 71.9 Å². The number of carbonyl (C=O) groups excluding carboxylic acids is 1. The van der Waals surface area contributed by atoms with Crippen LogP contribution in [0.15, 0.2) is 42.5 Å². The molecule has 0 bridgehead atoms. The van der Waals surface area contributed by atoms with Crippen molar-refractivity contribution in [2.24, 2.45) is 0 Å². The number of hydrogen-bond acceptors (Lipinski definition) is 5. The van der Waals surface area contributed by atoms with E-state index in [0.717, 1.165) is 49.5 Å². The van der Waals surface area contributed by atoms with Crippen LogP contribution in [0.1, 0.15) is 15.9 Å². The molecule has 0 aliphatic carbocycles. The Balaban J connectivity index is 1.35. The van der Waals surface area contributed by atoms with E-state index in [-0.39, 0.29) is 20.9 Å². The molecule has 134 valence electrons. The molecule has 1 amide bonds. The van der Waals surface area contributed by atoms with Gasteiger partial charge < -0.3 is 4.74 Å². The van der Waals surface area contributed by atoms with Gasteiger partial charge in [-0.3, -0.25) is 0 Å². The number of fused-ring (bicyclic) bond motifs is 1. The number of benzene rings is 2. The molecule has 0 unspecified atom stereocenters. The summed E-state index contributed by atoms with van der Waals surface area (Å²) in [5.41, 5.74) is 3.74. The Hall–Kier alpha value is -2.21. The molecule has 0 atom stereocenters. The Labute approximate surface area is 158 Å². The Morgan fingerprint density at radius 1 is 1.04 bits per heavy atom. The summed E-state index contributed by atoms with van der Waals surface area (Å²) in [6.07, 6.45) is 0. The van der Waals surface area contributed by atoms with Crippen molar-refractivity contribution in [2.45, 2.75) is 6.54 Å². The van der Waals surface area contributed by atoms with E-state index in [1.165, 1.54) is 5.56 Å². The van der Waals surface area contributed by atoms with Crippen LogP contribution in [-0.2, 0) is 6.54 Å². The van der Waals surface area contributed by atoms with Crippen molar-refractivity contribution in [3.05, 3.63) is 53.6 Å². The molecular weight excluding hydrogens is 395 g/mol. The van der Waals surface area contributed by atoms with Crippen LogP contribution in [0.3, 0.4) is 0 Å². The second-order valence-corrected chi connectivity index (χ2v) is 7.49. The third-order valence-electron chi connectivity index (χ3n) is 4.73. The summed E-state index contributed by atoms with van der Waals surface area (Å²) in [6.45, 7) is 4.15. The van der Waals surface area contributed by atoms with Gasteiger partial charge in [0.2, 0.25) is 0 Å². The summed E-state index contributed by atoms with van der Waals surface area (Å²) in [6, 6.07) is 13.8. The van der Waals surface area contributed by atoms with Crippen LogP contribution in [0.25, 0.3) is 11.0 Å². The third-order valence-corrected chi connectivity index (χ3v) is 5.89. The number of hydrogen-bond donors (Lipinski definition) is 0. The third kappa shape index (κ3) is 3.65. The molecule has 3 aromatic rings. The van der Waals surface area contributed by atoms with Gasteiger partial charge in [-0.05, 0) is 12.1 Å². The van der Waals surface area contributed by atoms with Gasteiger partial charge in [-0.1, -0.05) is 0 Å². The molecule has 2 heterocycles. The molecule has 7 heteroatoms. The molecule has 1 aliphatic heterocycles. The first-order valence-corrected chi connectivity index (χ1v) is 10.1. The number of nitrogens with zero attached hydrogens (tertiary/aromatic N) is 4. The summed E-state index contributed by atoms with van der Waals surface area (Å²) >= 11 is -0.0584. The van der Waals surface area contributed by atoms with Gasteiger partial charge in [0.15, 0.2) is 0 Å². The maximum absolute atomic E-state index is 12.8. The number of ether oxygens (including phenoxy) is 1. The summed E-state index contributed by atoms with van der Waals surface area (Å²) in [5, 5.41) is 0. The van der Waals surface area contributed by atoms with E-state index in [0.29, 0.717) is 5.56 Å². The Morgan fingerprint density at radius 3 is 2.50 bits per heavy atom. The minimum absolute atomic E-state index is 0.0584. The van der Waals surface area contributed by atoms with E-state index >= 15 is 0 Å². The van der Waals surface area contributed by atoms with E-state index in [1.54, 1.807) is 7.11 Å². The molecule has 26 heavy (non-hydrogen) atoms. The second-order valence-electron chi connectivity index (χ2n) is 6.38. The van der Waals surface area contributed by atoms with Crippen molar-refractivity contribution < 1.29 is 9.53 Å². The number of amides is 1. The minimum Gasteiger partial charge on any atom is -0.0197 e. The molecule has 6 nitrogen and oxygen atoms in total. The monoisotopic (exact) mass is 416 g/mol. The van der Waals surface area contributed by atoms with E-state index in [1.807, 2.05) is 35.2 Å². The molecule has 1 saturated heterocycles. The van der Waals surface area contributed by atoms with Crippen LogP contribution in [0.4, 0.5) is 0 Å². The second kappa shape index (κ2) is 7.58. The van der Waals surface area contributed by atoms with Crippen LogP contribution < -0.4 is 4.74 Å². The maximum atomic E-state index is 12.8. The number of piperazine rings is 1. The Bertz CT molecular complexity index is 901. The van der Waals surface area contributed by atoms with Crippen LogP contribution in [0.2, 0.25) is 0 Å². The molecule has 1 aromatic heterocycles. The zero-order valence-corrected chi connectivity index (χ0v) is 16.3. The quantitative estimate of drug-likeness (QED) is 0.607. The Morgan fingerprint density at radius 2 is 1.77 bits per heavy atom. The van der Waals surface area contributed by atoms with Crippen molar-refractivity contribution in [1.82, 2.24) is 17.8 Å². The van der Waals surface area contributed by atoms with Gasteiger partial charge in [0, 0.05) is 0 Å². The van der Waals surface area contributed by atoms with E-state index < -0.39 is 0 Å². The summed E-state index contributed by atoms with van der Waals surface area (Å²) < 4.78 is 13.9. The molecule has 0 spiro atoms. The Kier molecular flexibility index (Phi) is 5.02. The number of methoxy groups -OCH3 is 1. The van der Waals surface area contributed by atoms with Gasteiger partial charge in [0.05, 0.1) is 7.11 Å². The first kappa shape index (κ1) is 17.2. The number of carbonyl (C=O) groups is 1. The molecular formula is C19H20N4O2Se. The zero-order chi connectivity index (χ0) is 17.9. The number of rotatable bonds is 4. The minimum atomic E-state index is -0.0584. The molecule has 1 aliphatic rings. The molecule has 2 aromatic carbocycles. The van der Waals surface area contributed by atoms with Crippen LogP contribution in [0, 0.1) is 0 Å². The van der Waals surface area contributed by atoms with Gasteiger partial charge in [-0.2, -0.15) is 0 Å². The normalized spacial score (nSPS) is 15.3. The average Bonchev–Trinajstić information content (AvgIpc) is 3.16. The van der Waals surface area contributed by atoms with Crippen molar-refractivity contribution in [2.75, 3.05) is 33.3 Å². The van der Waals surface area contributed by atoms with Crippen LogP contribution in [0.5, 0.6) is 5.75 Å². The van der Waals surface area contributed by atoms with E-state index in [2.05, 4.69) is 25.0 Å². The molecule has 0 N–H and O–H groups in total. The SMILES string of the molecule is COc1ccc(CN2CCN(C(=O)c3ccc4n[se]nc4c3)CC2)cc1. The first-order valence-electron chi connectivity index (χ1n) is 8.60. The molecule has 0 radical (unpaired) electrons. The molecule has 1 fully saturated rings. The topological polar surface area (TPSA) is 58.6 Å². The van der Waals surface area contributed by atoms with Crippen molar-refractivity contribution >= 4 is 31.9 Å². The predicted molar refractivity (Wildman–Crippen MR) is 101 cm³/mol. The molecule has 4 rings (SSSR count). The fourth-order valence-electron chi connectivity index (χ4n) is 3.20. The van der Waals surface area contributed by atoms with Crippen LogP contribution >= 0.6 is 0 Å². The van der Waals surface area contributed by atoms with E-state index in [4.69, 9.17) is 4.74 Å². The zero-order valence-electron chi connectivity index (χ0n) is 14.6. The summed E-state index contributed by atoms with van der Waals surface area (Å²) in [4.78, 5) is 17.1. The van der Waals surface area contributed by atoms with Crippen molar-refractivity contribution in [3.63, 3.8) is 0 Å². The van der Waals surface area contributed by atoms with Gasteiger partial charge in [0.25, 0.3) is 0 Å². The smallest absolute Gasteiger partial charge is 0.0197 e. The fourth-order valence-corrected chi connectivity index (χ4v) is 4.28. The van der Waals surface area contributed by atoms with E-state index in [9.17, 15) is 4.79 Å². The standard InChI is InChI=1S/C19H20N4O2Se/c1-25-16-5-2-14(3-6-16)13-22-8-10-23(11-9-22)19(24)15-4-7-17-18(12-15)21-26-20-17/h2-7,12H,8-11,13H2,1H3. The van der Waals surface area contributed by atoms with Gasteiger partial charge in [-0.15, -0.1) is 0 Å². The summed E-state index contributed by atoms with van der Waals surface area (Å²) in [7, 11) is 1.68. The van der Waals surface area contributed by atoms with Gasteiger partial charge in [-0.25, -0.2) is 0 Å². The predicted octanol–water partition coefficient (Wildman–Crippen LogP) is 1.65. The van der Waals surface area contributed by atoms with Gasteiger partial charge in [0.1, 0.15) is 5.75 Å². The average molecular weight is 415 g/mol. The fraction of sp³-hybridized carbons (Fsp3) is 0.316.